The fourth-order valence-electron chi connectivity index (χ4n) is 4.05. The Morgan fingerprint density at radius 1 is 1.03 bits per heavy atom. The molecule has 0 aliphatic heterocycles. The van der Waals surface area contributed by atoms with Crippen molar-refractivity contribution in [2.75, 3.05) is 17.6 Å². The predicted octanol–water partition coefficient (Wildman–Crippen LogP) is 5.22. The lowest BCUT2D eigenvalue weighted by Gasteiger charge is -2.20. The minimum Gasteiger partial charge on any atom is -0.459 e. The van der Waals surface area contributed by atoms with Crippen molar-refractivity contribution >= 4 is 21.6 Å². The molecule has 3 N–H and O–H groups in total. The van der Waals surface area contributed by atoms with Crippen molar-refractivity contribution in [3.05, 3.63) is 113 Å². The normalized spacial score (nSPS) is 13.1. The number of anilines is 1. The zero-order chi connectivity index (χ0) is 27.4. The average molecular weight is 536 g/mol. The molecule has 0 saturated heterocycles. The Hall–Kier alpha value is -3.95. The summed E-state index contributed by atoms with van der Waals surface area (Å²) < 4.78 is 45.0. The summed E-state index contributed by atoms with van der Waals surface area (Å²) >= 11 is 0. The van der Waals surface area contributed by atoms with Crippen molar-refractivity contribution in [2.24, 2.45) is 5.73 Å². The molecule has 0 spiro atoms. The molecule has 198 valence electrons. The van der Waals surface area contributed by atoms with Crippen LogP contribution in [0.4, 0.5) is 10.1 Å². The van der Waals surface area contributed by atoms with Crippen LogP contribution in [0.1, 0.15) is 46.3 Å². The maximum Gasteiger partial charge on any atom is 0.251 e. The van der Waals surface area contributed by atoms with Crippen molar-refractivity contribution in [2.45, 2.75) is 25.4 Å². The van der Waals surface area contributed by atoms with Crippen LogP contribution in [0.3, 0.4) is 0 Å². The van der Waals surface area contributed by atoms with Crippen LogP contribution in [-0.4, -0.2) is 27.6 Å². The van der Waals surface area contributed by atoms with Crippen molar-refractivity contribution in [3.63, 3.8) is 0 Å². The van der Waals surface area contributed by atoms with Crippen molar-refractivity contribution in [1.29, 1.82) is 0 Å². The Balaban J connectivity index is 1.64. The lowest BCUT2D eigenvalue weighted by molar-refractivity contribution is 0.0940. The topological polar surface area (TPSA) is 106 Å². The number of nitrogens with zero attached hydrogens (tertiary/aromatic N) is 1. The Morgan fingerprint density at radius 2 is 1.71 bits per heavy atom. The smallest absolute Gasteiger partial charge is 0.251 e. The summed E-state index contributed by atoms with van der Waals surface area (Å²) in [5, 5.41) is 2.89. The predicted molar refractivity (Wildman–Crippen MR) is 147 cm³/mol. The number of halogens is 1. The molecule has 1 amide bonds. The Kier molecular flexibility index (Phi) is 7.99. The summed E-state index contributed by atoms with van der Waals surface area (Å²) in [7, 11) is -2.18. The summed E-state index contributed by atoms with van der Waals surface area (Å²) in [4.78, 5) is 13.2. The number of rotatable bonds is 9. The van der Waals surface area contributed by atoms with E-state index in [0.29, 0.717) is 29.2 Å². The summed E-state index contributed by atoms with van der Waals surface area (Å²) in [5.74, 6) is 0.240. The first kappa shape index (κ1) is 27.1. The number of nitrogens with one attached hydrogen (secondary N) is 1. The highest BCUT2D eigenvalue weighted by atomic mass is 32.2. The summed E-state index contributed by atoms with van der Waals surface area (Å²) in [6.45, 7) is 1.78. The van der Waals surface area contributed by atoms with Gasteiger partial charge in [-0.2, -0.15) is 0 Å². The summed E-state index contributed by atoms with van der Waals surface area (Å²) in [6, 6.07) is 23.2. The van der Waals surface area contributed by atoms with Gasteiger partial charge in [0.25, 0.3) is 5.91 Å². The molecule has 0 aliphatic carbocycles. The maximum absolute atomic E-state index is 13.3. The molecule has 7 nitrogen and oxygen atoms in total. The van der Waals surface area contributed by atoms with Gasteiger partial charge in [-0.3, -0.25) is 9.10 Å². The van der Waals surface area contributed by atoms with Gasteiger partial charge in [0.1, 0.15) is 17.3 Å². The molecule has 0 saturated carbocycles. The molecular weight excluding hydrogens is 505 g/mol. The molecule has 1 heterocycles. The van der Waals surface area contributed by atoms with E-state index in [2.05, 4.69) is 5.32 Å². The van der Waals surface area contributed by atoms with Crippen LogP contribution in [-0.2, 0) is 16.4 Å². The van der Waals surface area contributed by atoms with E-state index < -0.39 is 22.0 Å². The van der Waals surface area contributed by atoms with E-state index in [1.807, 2.05) is 30.3 Å². The van der Waals surface area contributed by atoms with Crippen LogP contribution in [0.25, 0.3) is 11.3 Å². The zero-order valence-corrected chi connectivity index (χ0v) is 22.2. The van der Waals surface area contributed by atoms with Gasteiger partial charge in [0.2, 0.25) is 10.0 Å². The SMILES string of the molecule is C[C@@H](NC(=O)c1cc(-c2ccc(C(N)Cc3ccccc3)o2)cc(N(C)S(C)(=O)=O)c1)c1ccc(F)cc1. The molecule has 38 heavy (non-hydrogen) atoms. The number of carbonyl (C=O) groups excluding carboxylic acids is 1. The van der Waals surface area contributed by atoms with Crippen LogP contribution in [0.15, 0.2) is 89.3 Å². The number of benzene rings is 3. The summed E-state index contributed by atoms with van der Waals surface area (Å²) in [6.07, 6.45) is 1.67. The van der Waals surface area contributed by atoms with Gasteiger partial charge in [-0.1, -0.05) is 42.5 Å². The van der Waals surface area contributed by atoms with E-state index in [-0.39, 0.29) is 17.4 Å². The van der Waals surface area contributed by atoms with Gasteiger partial charge in [-0.05, 0) is 66.9 Å². The summed E-state index contributed by atoms with van der Waals surface area (Å²) in [5.41, 5.74) is 9.25. The number of furan rings is 1. The third-order valence-corrected chi connectivity index (χ3v) is 7.54. The number of hydrogen-bond acceptors (Lipinski definition) is 5. The molecule has 1 aromatic heterocycles. The van der Waals surface area contributed by atoms with E-state index in [4.69, 9.17) is 10.2 Å². The highest BCUT2D eigenvalue weighted by molar-refractivity contribution is 7.92. The van der Waals surface area contributed by atoms with Gasteiger partial charge < -0.3 is 15.5 Å². The van der Waals surface area contributed by atoms with E-state index in [9.17, 15) is 17.6 Å². The minimum absolute atomic E-state index is 0.244. The molecule has 0 bridgehead atoms. The molecule has 3 aromatic carbocycles. The van der Waals surface area contributed by atoms with E-state index in [1.54, 1.807) is 43.3 Å². The molecule has 4 aromatic rings. The van der Waals surface area contributed by atoms with Crippen molar-refractivity contribution < 1.29 is 22.0 Å². The minimum atomic E-state index is -3.59. The van der Waals surface area contributed by atoms with Gasteiger partial charge in [0.15, 0.2) is 0 Å². The number of carbonyl (C=O) groups is 1. The van der Waals surface area contributed by atoms with Crippen molar-refractivity contribution in [3.8, 4) is 11.3 Å². The molecule has 2 atom stereocenters. The van der Waals surface area contributed by atoms with Gasteiger partial charge >= 0.3 is 0 Å². The second-order valence-corrected chi connectivity index (χ2v) is 11.3. The van der Waals surface area contributed by atoms with E-state index in [0.717, 1.165) is 21.7 Å². The van der Waals surface area contributed by atoms with E-state index in [1.165, 1.54) is 25.2 Å². The zero-order valence-electron chi connectivity index (χ0n) is 21.4. The van der Waals surface area contributed by atoms with Crippen LogP contribution < -0.4 is 15.4 Å². The maximum atomic E-state index is 13.3. The molecule has 1 unspecified atom stereocenters. The van der Waals surface area contributed by atoms with Crippen LogP contribution in [0.2, 0.25) is 0 Å². The Labute approximate surface area is 222 Å². The van der Waals surface area contributed by atoms with Crippen LogP contribution in [0, 0.1) is 5.82 Å². The van der Waals surface area contributed by atoms with Crippen LogP contribution >= 0.6 is 0 Å². The van der Waals surface area contributed by atoms with Gasteiger partial charge in [0.05, 0.1) is 24.0 Å². The van der Waals surface area contributed by atoms with E-state index >= 15 is 0 Å². The third kappa shape index (κ3) is 6.48. The largest absolute Gasteiger partial charge is 0.459 e. The van der Waals surface area contributed by atoms with Gasteiger partial charge in [-0.15, -0.1) is 0 Å². The molecular formula is C29H30FN3O4S. The second-order valence-electron chi connectivity index (χ2n) is 9.24. The molecule has 0 radical (unpaired) electrons. The molecule has 0 aliphatic rings. The first-order valence-electron chi connectivity index (χ1n) is 12.1. The molecule has 4 rings (SSSR count). The van der Waals surface area contributed by atoms with Crippen molar-refractivity contribution in [1.82, 2.24) is 5.32 Å². The number of hydrogen-bond donors (Lipinski definition) is 2. The number of sulfonamides is 1. The molecule has 0 fully saturated rings. The van der Waals surface area contributed by atoms with Gasteiger partial charge in [-0.25, -0.2) is 12.8 Å². The lowest BCUT2D eigenvalue weighted by Crippen LogP contribution is -2.28. The second kappa shape index (κ2) is 11.2. The van der Waals surface area contributed by atoms with Gasteiger partial charge in [0, 0.05) is 18.2 Å². The quantitative estimate of drug-likeness (QED) is 0.306. The van der Waals surface area contributed by atoms with Crippen LogP contribution in [0.5, 0.6) is 0 Å². The Bertz CT molecular complexity index is 1520. The third-order valence-electron chi connectivity index (χ3n) is 6.33. The number of nitrogens with two attached hydrogens (primary N) is 1. The standard InChI is InChI=1S/C29H30FN3O4S/c1-19(21-9-11-24(30)12-10-21)32-29(34)23-16-22(17-25(18-23)33(2)38(3,35)36)27-13-14-28(37-27)26(31)15-20-7-5-4-6-8-20/h4-14,16-19,26H,15,31H2,1-3H3,(H,32,34)/t19-,26?/m1/s1. The Morgan fingerprint density at radius 3 is 2.37 bits per heavy atom. The highest BCUT2D eigenvalue weighted by Gasteiger charge is 2.20. The fourth-order valence-corrected chi connectivity index (χ4v) is 4.54. The first-order valence-corrected chi connectivity index (χ1v) is 13.9. The number of amides is 1. The average Bonchev–Trinajstić information content (AvgIpc) is 3.39. The molecule has 9 heteroatoms. The fraction of sp³-hybridized carbons (Fsp3) is 0.207. The lowest BCUT2D eigenvalue weighted by atomic mass is 10.0. The highest BCUT2D eigenvalue weighted by Crippen LogP contribution is 2.31. The first-order chi connectivity index (χ1) is 18.0. The monoisotopic (exact) mass is 535 g/mol.